The highest BCUT2D eigenvalue weighted by Crippen LogP contribution is 2.34. The second-order valence-corrected chi connectivity index (χ2v) is 8.67. The molecule has 2 heterocycles. The van der Waals surface area contributed by atoms with Crippen molar-refractivity contribution < 1.29 is 9.59 Å². The lowest BCUT2D eigenvalue weighted by molar-refractivity contribution is -0.115. The van der Waals surface area contributed by atoms with E-state index in [4.69, 9.17) is 18.0 Å². The molecule has 1 aromatic carbocycles. The second-order valence-electron chi connectivity index (χ2n) is 6.17. The van der Waals surface area contributed by atoms with Gasteiger partial charge in [0.1, 0.15) is 5.00 Å². The fraction of sp³-hybridized carbons (Fsp3) is 0.0952. The Morgan fingerprint density at radius 2 is 1.93 bits per heavy atom. The van der Waals surface area contributed by atoms with Crippen LogP contribution in [0.5, 0.6) is 0 Å². The van der Waals surface area contributed by atoms with Crippen LogP contribution in [0, 0.1) is 6.92 Å². The van der Waals surface area contributed by atoms with E-state index in [9.17, 15) is 9.59 Å². The maximum atomic E-state index is 12.1. The van der Waals surface area contributed by atoms with E-state index < -0.39 is 5.91 Å². The summed E-state index contributed by atoms with van der Waals surface area (Å²) in [5.41, 5.74) is 7.94. The Kier molecular flexibility index (Phi) is 6.92. The highest BCUT2D eigenvalue weighted by atomic mass is 32.1. The maximum Gasteiger partial charge on any atom is 0.251 e. The summed E-state index contributed by atoms with van der Waals surface area (Å²) in [7, 11) is 0. The Balaban J connectivity index is 1.72. The predicted octanol–water partition coefficient (Wildman–Crippen LogP) is 4.33. The predicted molar refractivity (Wildman–Crippen MR) is 125 cm³/mol. The minimum Gasteiger partial charge on any atom is -0.365 e. The lowest BCUT2D eigenvalue weighted by atomic mass is 10.1. The minimum absolute atomic E-state index is 0.112. The molecule has 0 atom stereocenters. The molecule has 148 valence electrons. The lowest BCUT2D eigenvalue weighted by Crippen LogP contribution is -2.33. The highest BCUT2D eigenvalue weighted by molar-refractivity contribution is 7.80. The first-order valence-electron chi connectivity index (χ1n) is 8.73. The van der Waals surface area contributed by atoms with Gasteiger partial charge in [-0.1, -0.05) is 36.4 Å². The van der Waals surface area contributed by atoms with Crippen molar-refractivity contribution in [2.45, 2.75) is 13.3 Å². The first kappa shape index (κ1) is 20.9. The van der Waals surface area contributed by atoms with Gasteiger partial charge in [-0.05, 0) is 47.8 Å². The number of hydrogen-bond acceptors (Lipinski definition) is 5. The Morgan fingerprint density at radius 1 is 1.17 bits per heavy atom. The maximum absolute atomic E-state index is 12.1. The SMILES string of the molecule is Cc1c(Cc2ccccc2)sc(NC(=S)NC(=O)C=Cc2cccs2)c1C(N)=O. The van der Waals surface area contributed by atoms with Crippen molar-refractivity contribution in [2.24, 2.45) is 5.73 Å². The largest absolute Gasteiger partial charge is 0.365 e. The Labute approximate surface area is 182 Å². The van der Waals surface area contributed by atoms with Crippen molar-refractivity contribution in [3.05, 3.63) is 80.4 Å². The summed E-state index contributed by atoms with van der Waals surface area (Å²) in [6.45, 7) is 1.87. The lowest BCUT2D eigenvalue weighted by Gasteiger charge is -2.07. The number of nitrogens with one attached hydrogen (secondary N) is 2. The van der Waals surface area contributed by atoms with Crippen LogP contribution in [0.1, 0.15) is 31.2 Å². The molecule has 3 rings (SSSR count). The molecule has 3 aromatic rings. The van der Waals surface area contributed by atoms with E-state index in [0.29, 0.717) is 17.0 Å². The van der Waals surface area contributed by atoms with Crippen LogP contribution in [0.4, 0.5) is 5.00 Å². The molecule has 0 aliphatic rings. The van der Waals surface area contributed by atoms with Crippen LogP contribution < -0.4 is 16.4 Å². The average molecular weight is 442 g/mol. The number of thiophene rings is 2. The summed E-state index contributed by atoms with van der Waals surface area (Å²) in [6.07, 6.45) is 3.81. The number of anilines is 1. The third kappa shape index (κ3) is 5.60. The summed E-state index contributed by atoms with van der Waals surface area (Å²) in [5, 5.41) is 8.12. The normalized spacial score (nSPS) is 10.8. The van der Waals surface area contributed by atoms with Crippen LogP contribution in [-0.2, 0) is 11.2 Å². The number of rotatable bonds is 6. The van der Waals surface area contributed by atoms with E-state index >= 15 is 0 Å². The molecule has 0 saturated carbocycles. The topological polar surface area (TPSA) is 84.2 Å². The third-order valence-electron chi connectivity index (χ3n) is 4.11. The molecule has 0 unspecified atom stereocenters. The zero-order valence-corrected chi connectivity index (χ0v) is 18.0. The Bertz CT molecular complexity index is 1050. The van der Waals surface area contributed by atoms with Gasteiger partial charge < -0.3 is 11.1 Å². The van der Waals surface area contributed by atoms with Gasteiger partial charge >= 0.3 is 0 Å². The first-order valence-corrected chi connectivity index (χ1v) is 10.8. The quantitative estimate of drug-likeness (QED) is 0.393. The molecule has 0 bridgehead atoms. The van der Waals surface area contributed by atoms with Crippen LogP contribution in [0.15, 0.2) is 53.9 Å². The number of carbonyl (C=O) groups excluding carboxylic acids is 2. The van der Waals surface area contributed by atoms with Gasteiger partial charge in [-0.15, -0.1) is 22.7 Å². The van der Waals surface area contributed by atoms with E-state index in [1.807, 2.05) is 54.8 Å². The number of hydrogen-bond donors (Lipinski definition) is 3. The van der Waals surface area contributed by atoms with Crippen molar-refractivity contribution in [1.82, 2.24) is 5.32 Å². The summed E-state index contributed by atoms with van der Waals surface area (Å²) >= 11 is 8.18. The number of primary amides is 1. The number of carbonyl (C=O) groups is 2. The van der Waals surface area contributed by atoms with Crippen molar-refractivity contribution in [3.8, 4) is 0 Å². The van der Waals surface area contributed by atoms with E-state index in [0.717, 1.165) is 20.9 Å². The van der Waals surface area contributed by atoms with Crippen molar-refractivity contribution in [2.75, 3.05) is 5.32 Å². The molecule has 0 fully saturated rings. The van der Waals surface area contributed by atoms with Crippen LogP contribution in [0.2, 0.25) is 0 Å². The summed E-state index contributed by atoms with van der Waals surface area (Å²) < 4.78 is 0. The summed E-state index contributed by atoms with van der Waals surface area (Å²) in [5.74, 6) is -0.887. The molecule has 0 saturated heterocycles. The van der Waals surface area contributed by atoms with Gasteiger partial charge in [0.2, 0.25) is 5.91 Å². The van der Waals surface area contributed by atoms with E-state index in [1.54, 1.807) is 6.08 Å². The number of benzene rings is 1. The van der Waals surface area contributed by atoms with Gasteiger partial charge in [0, 0.05) is 22.3 Å². The smallest absolute Gasteiger partial charge is 0.251 e. The zero-order chi connectivity index (χ0) is 20.8. The number of thiocarbonyl (C=S) groups is 1. The number of amides is 2. The second kappa shape index (κ2) is 9.60. The van der Waals surface area contributed by atoms with Crippen molar-refractivity contribution in [1.29, 1.82) is 0 Å². The van der Waals surface area contributed by atoms with Crippen LogP contribution >= 0.6 is 34.9 Å². The molecule has 4 N–H and O–H groups in total. The first-order chi connectivity index (χ1) is 13.9. The van der Waals surface area contributed by atoms with Gasteiger partial charge in [0.15, 0.2) is 5.11 Å². The Hall–Kier alpha value is -2.81. The fourth-order valence-corrected chi connectivity index (χ4v) is 4.86. The standard InChI is InChI=1S/C21H19N3O2S3/c1-13-16(12-14-6-3-2-4-7-14)29-20(18(13)19(22)26)24-21(27)23-17(25)10-9-15-8-5-11-28-15/h2-11H,12H2,1H3,(H2,22,26)(H2,23,24,25,27). The van der Waals surface area contributed by atoms with Crippen LogP contribution in [-0.4, -0.2) is 16.9 Å². The molecular formula is C21H19N3O2S3. The zero-order valence-electron chi connectivity index (χ0n) is 15.6. The van der Waals surface area contributed by atoms with Crippen LogP contribution in [0.3, 0.4) is 0 Å². The summed E-state index contributed by atoms with van der Waals surface area (Å²) in [4.78, 5) is 26.0. The number of nitrogens with two attached hydrogens (primary N) is 1. The van der Waals surface area contributed by atoms with Crippen molar-refractivity contribution >= 4 is 62.9 Å². The molecule has 29 heavy (non-hydrogen) atoms. The Morgan fingerprint density at radius 3 is 2.59 bits per heavy atom. The molecule has 8 heteroatoms. The highest BCUT2D eigenvalue weighted by Gasteiger charge is 2.20. The molecule has 0 aliphatic carbocycles. The van der Waals surface area contributed by atoms with E-state index in [-0.39, 0.29) is 11.0 Å². The molecule has 0 spiro atoms. The van der Waals surface area contributed by atoms with Gasteiger partial charge in [-0.25, -0.2) is 0 Å². The minimum atomic E-state index is -0.535. The van der Waals surface area contributed by atoms with E-state index in [1.165, 1.54) is 28.7 Å². The monoisotopic (exact) mass is 441 g/mol. The molecular weight excluding hydrogens is 422 g/mol. The van der Waals surface area contributed by atoms with E-state index in [2.05, 4.69) is 10.6 Å². The molecule has 0 radical (unpaired) electrons. The molecule has 0 aliphatic heterocycles. The van der Waals surface area contributed by atoms with Gasteiger partial charge in [0.05, 0.1) is 5.56 Å². The molecule has 2 aromatic heterocycles. The van der Waals surface area contributed by atoms with Crippen molar-refractivity contribution in [3.63, 3.8) is 0 Å². The van der Waals surface area contributed by atoms with Gasteiger partial charge in [0.25, 0.3) is 5.91 Å². The molecule has 2 amide bonds. The summed E-state index contributed by atoms with van der Waals surface area (Å²) in [6, 6.07) is 13.8. The van der Waals surface area contributed by atoms with Gasteiger partial charge in [-0.3, -0.25) is 14.9 Å². The third-order valence-corrected chi connectivity index (χ3v) is 6.35. The van der Waals surface area contributed by atoms with Crippen LogP contribution in [0.25, 0.3) is 6.08 Å². The molecule has 5 nitrogen and oxygen atoms in total. The fourth-order valence-electron chi connectivity index (χ4n) is 2.73. The average Bonchev–Trinajstić information content (AvgIpc) is 3.29. The van der Waals surface area contributed by atoms with Gasteiger partial charge in [-0.2, -0.15) is 0 Å².